The van der Waals surface area contributed by atoms with Crippen molar-refractivity contribution in [2.45, 2.75) is 0 Å². The highest BCUT2D eigenvalue weighted by Gasteiger charge is 0.747. The summed E-state index contributed by atoms with van der Waals surface area (Å²) in [5.74, 6) is 0. The summed E-state index contributed by atoms with van der Waals surface area (Å²) in [6.07, 6.45) is 0. The molecule has 36 N–H and O–H groups in total. The van der Waals surface area contributed by atoms with Gasteiger partial charge in [-0.2, -0.15) is 0 Å². The third-order valence-electron chi connectivity index (χ3n) is 0. The van der Waals surface area contributed by atoms with E-state index in [1.54, 1.807) is 0 Å². The van der Waals surface area contributed by atoms with E-state index < -0.39 is 0 Å². The molecule has 0 bridgehead atoms. The molecule has 0 unspecified atom stereocenters. The lowest BCUT2D eigenvalue weighted by molar-refractivity contribution is -0.176. The van der Waals surface area contributed by atoms with E-state index in [0.717, 1.165) is 0 Å². The van der Waals surface area contributed by atoms with Gasteiger partial charge in [0.15, 0.2) is 0 Å². The van der Waals surface area contributed by atoms with Gasteiger partial charge < -0.3 is 87.6 Å². The Morgan fingerprint density at radius 2 is 0.150 bits per heavy atom. The number of hydrogen-bond donors (Lipinski definition) is 4. The third-order valence-corrected chi connectivity index (χ3v) is 0. The maximum atomic E-state index is 6.00. The Balaban J connectivity index is -0.000000000139. The normalized spacial score (nSPS) is 0.600. The summed E-state index contributed by atoms with van der Waals surface area (Å²) in [4.78, 5) is 0. The van der Waals surface area contributed by atoms with E-state index in [9.17, 15) is 0 Å². The van der Waals surface area contributed by atoms with Gasteiger partial charge in [-0.3, -0.25) is 21.0 Å². The lowest BCUT2D eigenvalue weighted by Crippen LogP contribution is -1.29. The molecule has 0 heterocycles. The van der Waals surface area contributed by atoms with E-state index in [0.29, 0.717) is 0 Å². The molecule has 0 amide bonds. The van der Waals surface area contributed by atoms with Gasteiger partial charge in [0.2, 0.25) is 0 Å². The molecule has 0 atom stereocenters. The molecule has 0 rings (SSSR count). The molecule has 156 valence electrons. The van der Waals surface area contributed by atoms with Crippen LogP contribution in [0.4, 0.5) is 0 Å². The predicted molar refractivity (Wildman–Crippen MR) is 68.3 cm³/mol. The first-order valence-corrected chi connectivity index (χ1v) is 0.400. The molecule has 0 aromatic rings. The maximum absolute atomic E-state index is 6.00. The Morgan fingerprint density at radius 3 is 0.150 bits per heavy atom. The van der Waals surface area contributed by atoms with Gasteiger partial charge in [0.1, 0.15) is 0 Å². The lowest BCUT2D eigenvalue weighted by atomic mass is 15.0. The second-order valence-corrected chi connectivity index (χ2v) is 0. The fourth-order valence-corrected chi connectivity index (χ4v) is 0. The van der Waals surface area contributed by atoms with Crippen LogP contribution in [-0.2, 0) is 0 Å². The van der Waals surface area contributed by atoms with Crippen molar-refractivity contribution in [2.75, 3.05) is 0 Å². The highest BCUT2D eigenvalue weighted by molar-refractivity contribution is 1.83. The summed E-state index contributed by atoms with van der Waals surface area (Å²) in [5.41, 5.74) is 0. The average Bonchev–Trinajstić information content (AvgIpc) is 1.50. The van der Waals surface area contributed by atoms with Crippen molar-refractivity contribution in [3.8, 4) is 0 Å². The minimum absolute atomic E-state index is 0. The summed E-state index contributed by atoms with van der Waals surface area (Å²) < 4.78 is 0. The summed E-state index contributed by atoms with van der Waals surface area (Å²) in [7, 11) is 0. The highest BCUT2D eigenvalue weighted by Crippen LogP contribution is 0.713. The van der Waals surface area contributed by atoms with Crippen LogP contribution in [0.3, 0.4) is 0 Å². The van der Waals surface area contributed by atoms with Gasteiger partial charge in [0.05, 0.1) is 0 Å². The first kappa shape index (κ1) is 4420. The van der Waals surface area contributed by atoms with Gasteiger partial charge in [0.25, 0.3) is 0 Å². The zero-order valence-electron chi connectivity index (χ0n) is 9.79. The van der Waals surface area contributed by atoms with Crippen molar-refractivity contribution < 1.29 is 109 Å². The molecule has 20 heavy (non-hydrogen) atoms. The zero-order chi connectivity index (χ0) is 4.00. The third kappa shape index (κ3) is 7050. The fourth-order valence-electron chi connectivity index (χ4n) is 0. The van der Waals surface area contributed by atoms with Crippen LogP contribution in [0, 0.1) is 0 Å². The van der Waals surface area contributed by atoms with E-state index in [1.165, 1.54) is 0 Å². The van der Waals surface area contributed by atoms with E-state index in [-0.39, 0.29) is 87.6 Å². The standard InChI is InChI=1S/2H2O2.16H2O/c2*1-2;;;;;;;;;;;;;;;;/h2*1-2H;16*1H2. The molecule has 0 aromatic carbocycles. The van der Waals surface area contributed by atoms with Crippen molar-refractivity contribution in [3.05, 3.63) is 0 Å². The number of rotatable bonds is 0. The van der Waals surface area contributed by atoms with Crippen molar-refractivity contribution in [2.24, 2.45) is 0 Å². The van der Waals surface area contributed by atoms with Crippen molar-refractivity contribution in [1.29, 1.82) is 0 Å². The first-order valence-electron chi connectivity index (χ1n) is 0.400. The molecule has 0 saturated heterocycles. The molecule has 0 saturated carbocycles. The second-order valence-electron chi connectivity index (χ2n) is 0. The van der Waals surface area contributed by atoms with Crippen molar-refractivity contribution in [1.82, 2.24) is 0 Å². The minimum Gasteiger partial charge on any atom is -0.412 e. The van der Waals surface area contributed by atoms with Crippen molar-refractivity contribution >= 4 is 0 Å². The Morgan fingerprint density at radius 1 is 0.150 bits per heavy atom. The Kier molecular flexibility index (Phi) is 1860000. The largest absolute Gasteiger partial charge is 0.412 e. The second kappa shape index (κ2) is 8410. The molecular formula is H36O20. The average molecular weight is 356 g/mol. The quantitative estimate of drug-likeness (QED) is 0.242. The van der Waals surface area contributed by atoms with E-state index in [2.05, 4.69) is 0 Å². The molecule has 0 aliphatic heterocycles. The van der Waals surface area contributed by atoms with Gasteiger partial charge in [0, 0.05) is 0 Å². The summed E-state index contributed by atoms with van der Waals surface area (Å²) in [6, 6.07) is 0. The predicted octanol–water partition coefficient (Wildman–Crippen LogP) is -13.2. The Bertz CT molecular complexity index is 0. The Labute approximate surface area is 110 Å². The molecule has 0 spiro atoms. The van der Waals surface area contributed by atoms with E-state index in [4.69, 9.17) is 21.0 Å². The molecule has 20 nitrogen and oxygen atoms in total. The van der Waals surface area contributed by atoms with Gasteiger partial charge in [-0.25, -0.2) is 0 Å². The van der Waals surface area contributed by atoms with Crippen LogP contribution in [0.2, 0.25) is 0 Å². The van der Waals surface area contributed by atoms with Crippen LogP contribution in [0.1, 0.15) is 0 Å². The maximum Gasteiger partial charge on any atom is -0.255 e. The van der Waals surface area contributed by atoms with E-state index >= 15 is 0 Å². The SMILES string of the molecule is O.O.O.O.O.O.O.O.O.O.O.O.O.O.O.O.OO.OO. The van der Waals surface area contributed by atoms with Crippen LogP contribution in [-0.4, -0.2) is 109 Å². The van der Waals surface area contributed by atoms with Crippen LogP contribution in [0.25, 0.3) is 0 Å². The van der Waals surface area contributed by atoms with Crippen molar-refractivity contribution in [3.63, 3.8) is 0 Å². The molecular weight excluding hydrogens is 320 g/mol. The number of hydrogen-bond acceptors (Lipinski definition) is 4. The fraction of sp³-hybridized carbons (Fsp3) is 0. The van der Waals surface area contributed by atoms with Gasteiger partial charge in [-0.05, 0) is 0 Å². The topological polar surface area (TPSA) is 585 Å². The van der Waals surface area contributed by atoms with Crippen LogP contribution < -0.4 is 0 Å². The Hall–Kier alpha value is -0.800. The summed E-state index contributed by atoms with van der Waals surface area (Å²) in [6.45, 7) is 0. The lowest BCUT2D eigenvalue weighted by Gasteiger charge is -1.25. The van der Waals surface area contributed by atoms with Crippen LogP contribution in [0.15, 0.2) is 0 Å². The summed E-state index contributed by atoms with van der Waals surface area (Å²) in [5, 5.41) is 24.0. The van der Waals surface area contributed by atoms with Crippen LogP contribution >= 0.6 is 0 Å². The zero-order valence-corrected chi connectivity index (χ0v) is 9.79. The molecule has 0 radical (unpaired) electrons. The van der Waals surface area contributed by atoms with Gasteiger partial charge in [-0.15, -0.1) is 0 Å². The molecule has 0 aromatic heterocycles. The molecule has 0 aliphatic carbocycles. The molecule has 0 fully saturated rings. The van der Waals surface area contributed by atoms with E-state index in [1.807, 2.05) is 0 Å². The summed E-state index contributed by atoms with van der Waals surface area (Å²) >= 11 is 0. The first-order chi connectivity index (χ1) is 2.00. The van der Waals surface area contributed by atoms with Crippen LogP contribution in [0.5, 0.6) is 0 Å². The van der Waals surface area contributed by atoms with Gasteiger partial charge >= 0.3 is 0 Å². The monoisotopic (exact) mass is 356 g/mol. The van der Waals surface area contributed by atoms with Gasteiger partial charge in [-0.1, -0.05) is 0 Å². The smallest absolute Gasteiger partial charge is 0.255 e. The molecule has 20 heteroatoms. The minimum atomic E-state index is 0. The highest BCUT2D eigenvalue weighted by atomic mass is 17.0. The molecule has 0 aliphatic rings.